The van der Waals surface area contributed by atoms with Gasteiger partial charge in [0, 0.05) is 23.7 Å². The van der Waals surface area contributed by atoms with Gasteiger partial charge in [0.05, 0.1) is 23.8 Å². The highest BCUT2D eigenvalue weighted by Gasteiger charge is 2.15. The second kappa shape index (κ2) is 12.3. The standard InChI is InChI=1S/C21H31N5OS.HI/c1-4-22-21(25-14-19-15(2)26-16(3)28-19)24-13-17-10-11-23-20(12-17)27-18-8-6-5-7-9-18;/h10-12,18H,4-9,13-14H2,1-3H3,(H2,22,24,25);1H. The molecule has 1 aliphatic rings. The zero-order valence-corrected chi connectivity index (χ0v) is 20.7. The van der Waals surface area contributed by atoms with Crippen LogP contribution < -0.4 is 15.4 Å². The van der Waals surface area contributed by atoms with Crippen molar-refractivity contribution >= 4 is 41.3 Å². The fourth-order valence-electron chi connectivity index (χ4n) is 3.38. The Morgan fingerprint density at radius 1 is 1.24 bits per heavy atom. The predicted octanol–water partition coefficient (Wildman–Crippen LogP) is 4.74. The second-order valence-corrected chi connectivity index (χ2v) is 8.46. The summed E-state index contributed by atoms with van der Waals surface area (Å²) in [5.41, 5.74) is 2.19. The average molecular weight is 529 g/mol. The molecule has 1 fully saturated rings. The lowest BCUT2D eigenvalue weighted by Gasteiger charge is -2.22. The van der Waals surface area contributed by atoms with Gasteiger partial charge in [-0.15, -0.1) is 35.3 Å². The summed E-state index contributed by atoms with van der Waals surface area (Å²) in [7, 11) is 0. The number of nitrogens with zero attached hydrogens (tertiary/aromatic N) is 3. The Balaban J connectivity index is 0.00000300. The fraction of sp³-hybridized carbons (Fsp3) is 0.571. The predicted molar refractivity (Wildman–Crippen MR) is 130 cm³/mol. The summed E-state index contributed by atoms with van der Waals surface area (Å²) >= 11 is 1.73. The molecule has 3 rings (SSSR count). The van der Waals surface area contributed by atoms with E-state index >= 15 is 0 Å². The number of aromatic nitrogens is 2. The molecular formula is C21H32IN5OS. The first-order valence-electron chi connectivity index (χ1n) is 10.2. The monoisotopic (exact) mass is 529 g/mol. The highest BCUT2D eigenvalue weighted by Crippen LogP contribution is 2.22. The molecule has 0 spiro atoms. The topological polar surface area (TPSA) is 71.4 Å². The molecule has 29 heavy (non-hydrogen) atoms. The van der Waals surface area contributed by atoms with Crippen LogP contribution in [0, 0.1) is 13.8 Å². The van der Waals surface area contributed by atoms with Crippen LogP contribution in [0.2, 0.25) is 0 Å². The van der Waals surface area contributed by atoms with E-state index in [1.54, 1.807) is 11.3 Å². The van der Waals surface area contributed by atoms with Crippen LogP contribution in [0.4, 0.5) is 0 Å². The molecule has 6 nitrogen and oxygen atoms in total. The number of hydrogen-bond donors (Lipinski definition) is 2. The molecule has 0 aliphatic heterocycles. The van der Waals surface area contributed by atoms with Crippen LogP contribution in [0.15, 0.2) is 23.3 Å². The molecule has 1 saturated carbocycles. The van der Waals surface area contributed by atoms with Crippen molar-refractivity contribution < 1.29 is 4.74 Å². The first-order valence-corrected chi connectivity index (χ1v) is 11.0. The molecule has 0 saturated heterocycles. The number of aliphatic imine (C=N–C) groups is 1. The van der Waals surface area contributed by atoms with Crippen molar-refractivity contribution in [1.82, 2.24) is 20.6 Å². The van der Waals surface area contributed by atoms with Crippen LogP contribution in [0.3, 0.4) is 0 Å². The molecule has 0 unspecified atom stereocenters. The Bertz CT molecular complexity index is 789. The Hall–Kier alpha value is -1.42. The summed E-state index contributed by atoms with van der Waals surface area (Å²) in [6.45, 7) is 8.29. The van der Waals surface area contributed by atoms with E-state index in [2.05, 4.69) is 34.4 Å². The Labute approximate surface area is 195 Å². The highest BCUT2D eigenvalue weighted by molar-refractivity contribution is 14.0. The largest absolute Gasteiger partial charge is 0.474 e. The Morgan fingerprint density at radius 3 is 2.72 bits per heavy atom. The van der Waals surface area contributed by atoms with Crippen LogP contribution in [0.5, 0.6) is 5.88 Å². The average Bonchev–Trinajstić information content (AvgIpc) is 3.02. The van der Waals surface area contributed by atoms with Crippen molar-refractivity contribution in [1.29, 1.82) is 0 Å². The smallest absolute Gasteiger partial charge is 0.213 e. The summed E-state index contributed by atoms with van der Waals surface area (Å²) < 4.78 is 6.07. The summed E-state index contributed by atoms with van der Waals surface area (Å²) in [5, 5.41) is 7.81. The molecule has 2 N–H and O–H groups in total. The van der Waals surface area contributed by atoms with Crippen LogP contribution in [-0.4, -0.2) is 28.6 Å². The summed E-state index contributed by atoms with van der Waals surface area (Å²) in [6.07, 6.45) is 8.22. The number of thiazole rings is 1. The second-order valence-electron chi connectivity index (χ2n) is 7.17. The lowest BCUT2D eigenvalue weighted by Crippen LogP contribution is -2.36. The number of pyridine rings is 1. The minimum Gasteiger partial charge on any atom is -0.474 e. The van der Waals surface area contributed by atoms with E-state index < -0.39 is 0 Å². The third kappa shape index (κ3) is 7.73. The maximum absolute atomic E-state index is 6.07. The molecule has 0 aromatic carbocycles. The molecule has 2 aromatic heterocycles. The van der Waals surface area contributed by atoms with Gasteiger partial charge < -0.3 is 15.4 Å². The van der Waals surface area contributed by atoms with Crippen molar-refractivity contribution in [2.45, 2.75) is 72.1 Å². The van der Waals surface area contributed by atoms with Gasteiger partial charge >= 0.3 is 0 Å². The van der Waals surface area contributed by atoms with Crippen LogP contribution >= 0.6 is 35.3 Å². The molecule has 1 aliphatic carbocycles. The Morgan fingerprint density at radius 2 is 2.03 bits per heavy atom. The van der Waals surface area contributed by atoms with Crippen molar-refractivity contribution in [2.75, 3.05) is 6.54 Å². The van der Waals surface area contributed by atoms with E-state index in [-0.39, 0.29) is 24.0 Å². The van der Waals surface area contributed by atoms with Gasteiger partial charge in [0.25, 0.3) is 0 Å². The molecular weight excluding hydrogens is 497 g/mol. The number of hydrogen-bond acceptors (Lipinski definition) is 5. The number of ether oxygens (including phenoxy) is 1. The summed E-state index contributed by atoms with van der Waals surface area (Å²) in [6, 6.07) is 4.01. The van der Waals surface area contributed by atoms with Gasteiger partial charge in [0.1, 0.15) is 6.10 Å². The van der Waals surface area contributed by atoms with Crippen molar-refractivity contribution in [3.05, 3.63) is 39.5 Å². The summed E-state index contributed by atoms with van der Waals surface area (Å²) in [5.74, 6) is 1.52. The number of rotatable bonds is 7. The highest BCUT2D eigenvalue weighted by atomic mass is 127. The van der Waals surface area contributed by atoms with Crippen LogP contribution in [0.1, 0.15) is 60.2 Å². The van der Waals surface area contributed by atoms with Gasteiger partial charge in [-0.05, 0) is 58.1 Å². The fourth-order valence-corrected chi connectivity index (χ4v) is 4.26. The number of halogens is 1. The van der Waals surface area contributed by atoms with E-state index in [0.29, 0.717) is 18.5 Å². The molecule has 0 radical (unpaired) electrons. The van der Waals surface area contributed by atoms with Gasteiger partial charge in [-0.3, -0.25) is 0 Å². The lowest BCUT2D eigenvalue weighted by molar-refractivity contribution is 0.148. The van der Waals surface area contributed by atoms with Gasteiger partial charge in [0.15, 0.2) is 5.96 Å². The van der Waals surface area contributed by atoms with E-state index in [9.17, 15) is 0 Å². The first-order chi connectivity index (χ1) is 13.6. The van der Waals surface area contributed by atoms with E-state index in [4.69, 9.17) is 9.73 Å². The maximum atomic E-state index is 6.07. The first kappa shape index (κ1) is 23.9. The molecule has 0 amide bonds. The Kier molecular flexibility index (Phi) is 10.1. The van der Waals surface area contributed by atoms with Crippen molar-refractivity contribution in [3.63, 3.8) is 0 Å². The van der Waals surface area contributed by atoms with E-state index in [0.717, 1.165) is 48.2 Å². The number of aryl methyl sites for hydroxylation is 2. The SMILES string of the molecule is CCNC(=NCc1ccnc(OC2CCCCC2)c1)NCc1sc(C)nc1C.I. The summed E-state index contributed by atoms with van der Waals surface area (Å²) in [4.78, 5) is 14.8. The minimum absolute atomic E-state index is 0. The third-order valence-electron chi connectivity index (χ3n) is 4.82. The molecule has 2 aromatic rings. The van der Waals surface area contributed by atoms with E-state index in [1.807, 2.05) is 25.3 Å². The lowest BCUT2D eigenvalue weighted by atomic mass is 9.98. The maximum Gasteiger partial charge on any atom is 0.213 e. The van der Waals surface area contributed by atoms with Crippen molar-refractivity contribution in [3.8, 4) is 5.88 Å². The van der Waals surface area contributed by atoms with Crippen LogP contribution in [0.25, 0.3) is 0 Å². The normalized spacial score (nSPS) is 14.9. The zero-order chi connectivity index (χ0) is 19.8. The van der Waals surface area contributed by atoms with E-state index in [1.165, 1.54) is 24.1 Å². The van der Waals surface area contributed by atoms with Gasteiger partial charge in [-0.1, -0.05) is 6.42 Å². The third-order valence-corrected chi connectivity index (χ3v) is 5.89. The molecule has 2 heterocycles. The molecule has 160 valence electrons. The van der Waals surface area contributed by atoms with Crippen molar-refractivity contribution in [2.24, 2.45) is 4.99 Å². The number of nitrogens with one attached hydrogen (secondary N) is 2. The number of guanidine groups is 1. The van der Waals surface area contributed by atoms with Crippen LogP contribution in [-0.2, 0) is 13.1 Å². The molecule has 8 heteroatoms. The molecule has 0 atom stereocenters. The quantitative estimate of drug-likeness (QED) is 0.308. The minimum atomic E-state index is 0. The zero-order valence-electron chi connectivity index (χ0n) is 17.5. The molecule has 0 bridgehead atoms. The van der Waals surface area contributed by atoms with Gasteiger partial charge in [-0.2, -0.15) is 0 Å². The van der Waals surface area contributed by atoms with Gasteiger partial charge in [-0.25, -0.2) is 15.0 Å². The van der Waals surface area contributed by atoms with Gasteiger partial charge in [0.2, 0.25) is 5.88 Å².